The summed E-state index contributed by atoms with van der Waals surface area (Å²) >= 11 is 1.80. The molecule has 5 nitrogen and oxygen atoms in total. The Bertz CT molecular complexity index is 4280. The Labute approximate surface area is 382 Å². The molecular weight excluding hydrogens is 825 g/mol. The van der Waals surface area contributed by atoms with Crippen LogP contribution >= 0.6 is 11.3 Å². The molecule has 0 saturated heterocycles. The fourth-order valence-corrected chi connectivity index (χ4v) is 12.5. The van der Waals surface area contributed by atoms with Gasteiger partial charge in [0.05, 0.1) is 16.7 Å². The van der Waals surface area contributed by atoms with Crippen LogP contribution in [-0.4, -0.2) is 19.5 Å². The van der Waals surface area contributed by atoms with E-state index in [1.54, 1.807) is 11.3 Å². The van der Waals surface area contributed by atoms with Crippen molar-refractivity contribution in [2.24, 2.45) is 0 Å². The molecule has 13 aromatic rings. The highest BCUT2D eigenvalue weighted by Gasteiger charge is 2.41. The second kappa shape index (κ2) is 13.0. The van der Waals surface area contributed by atoms with Crippen LogP contribution in [0.4, 0.5) is 0 Å². The fourth-order valence-electron chi connectivity index (χ4n) is 11.3. The Morgan fingerprint density at radius 3 is 2.00 bits per heavy atom. The lowest BCUT2D eigenvalue weighted by Crippen LogP contribution is -2.15. The molecule has 15 rings (SSSR count). The molecule has 0 N–H and O–H groups in total. The number of para-hydroxylation sites is 2. The standard InChI is InChI=1S/C60H36N4OS/c1-60(2)45-19-10-17-41-38-26-24-34(31-48(38)64-47-20-6-3-14-37(47)42-28-29-46(60)55(54(41)45)56(42)64)33-12-9-13-35(30-33)57-61-58(36-25-27-40-39-15-5-8-23-51(39)66-52(40)32-36)63-59(62-57)44-18-11-22-50-53(44)43-16-4-7-21-49(43)65-50/h3-32H,1-2H3. The monoisotopic (exact) mass is 860 g/mol. The van der Waals surface area contributed by atoms with Gasteiger partial charge >= 0.3 is 0 Å². The van der Waals surface area contributed by atoms with E-state index in [0.717, 1.165) is 49.8 Å². The Morgan fingerprint density at radius 1 is 0.439 bits per heavy atom. The minimum absolute atomic E-state index is 0.104. The molecule has 4 aromatic heterocycles. The van der Waals surface area contributed by atoms with Gasteiger partial charge in [-0.1, -0.05) is 153 Å². The predicted octanol–water partition coefficient (Wildman–Crippen LogP) is 16.2. The molecule has 0 radical (unpaired) electrons. The summed E-state index contributed by atoms with van der Waals surface area (Å²) in [6.07, 6.45) is 0. The van der Waals surface area contributed by atoms with Crippen LogP contribution < -0.4 is 0 Å². The number of furan rings is 1. The predicted molar refractivity (Wildman–Crippen MR) is 273 cm³/mol. The number of benzene rings is 9. The first-order valence-corrected chi connectivity index (χ1v) is 23.3. The van der Waals surface area contributed by atoms with Gasteiger partial charge in [-0.3, -0.25) is 0 Å². The molecule has 9 aromatic carbocycles. The topological polar surface area (TPSA) is 56.7 Å². The van der Waals surface area contributed by atoms with Gasteiger partial charge in [0.25, 0.3) is 0 Å². The van der Waals surface area contributed by atoms with Crippen LogP contribution in [0, 0.1) is 0 Å². The van der Waals surface area contributed by atoms with Gasteiger partial charge in [-0.25, -0.2) is 15.0 Å². The number of rotatable bonds is 4. The lowest BCUT2D eigenvalue weighted by atomic mass is 9.81. The van der Waals surface area contributed by atoms with E-state index < -0.39 is 0 Å². The van der Waals surface area contributed by atoms with Crippen LogP contribution in [0.3, 0.4) is 0 Å². The van der Waals surface area contributed by atoms with Crippen LogP contribution in [0.2, 0.25) is 0 Å². The van der Waals surface area contributed by atoms with E-state index in [4.69, 9.17) is 19.4 Å². The van der Waals surface area contributed by atoms with E-state index in [-0.39, 0.29) is 5.41 Å². The zero-order valence-electron chi connectivity index (χ0n) is 35.9. The van der Waals surface area contributed by atoms with Crippen molar-refractivity contribution in [1.82, 2.24) is 19.5 Å². The largest absolute Gasteiger partial charge is 0.456 e. The fraction of sp³-hybridized carbons (Fsp3) is 0.0500. The van der Waals surface area contributed by atoms with E-state index >= 15 is 0 Å². The first kappa shape index (κ1) is 36.2. The zero-order valence-corrected chi connectivity index (χ0v) is 36.7. The number of fused-ring (bicyclic) bond motifs is 12. The molecule has 0 unspecified atom stereocenters. The third-order valence-electron chi connectivity index (χ3n) is 14.4. The molecular formula is C60H36N4OS. The van der Waals surface area contributed by atoms with Crippen molar-refractivity contribution in [3.8, 4) is 73.2 Å². The molecule has 1 aliphatic heterocycles. The van der Waals surface area contributed by atoms with Gasteiger partial charge in [-0.2, -0.15) is 0 Å². The summed E-state index contributed by atoms with van der Waals surface area (Å²) in [6, 6.07) is 65.7. The van der Waals surface area contributed by atoms with Gasteiger partial charge in [0.2, 0.25) is 0 Å². The molecule has 0 bridgehead atoms. The second-order valence-electron chi connectivity index (χ2n) is 18.3. The van der Waals surface area contributed by atoms with Gasteiger partial charge in [-0.15, -0.1) is 11.3 Å². The molecule has 1 aliphatic carbocycles. The average molecular weight is 861 g/mol. The maximum Gasteiger partial charge on any atom is 0.164 e. The van der Waals surface area contributed by atoms with Gasteiger partial charge in [0, 0.05) is 74.9 Å². The Kier molecular flexibility index (Phi) is 7.11. The van der Waals surface area contributed by atoms with Crippen LogP contribution in [0.25, 0.3) is 137 Å². The molecule has 308 valence electrons. The summed E-state index contributed by atoms with van der Waals surface area (Å²) in [4.78, 5) is 15.9. The van der Waals surface area contributed by atoms with Crippen molar-refractivity contribution in [3.05, 3.63) is 193 Å². The first-order chi connectivity index (χ1) is 32.5. The third kappa shape index (κ3) is 4.86. The van der Waals surface area contributed by atoms with Crippen molar-refractivity contribution < 1.29 is 4.42 Å². The summed E-state index contributed by atoms with van der Waals surface area (Å²) in [7, 11) is 0. The Hall–Kier alpha value is -8.19. The lowest BCUT2D eigenvalue weighted by Gasteiger charge is -2.23. The van der Waals surface area contributed by atoms with Crippen LogP contribution in [0.5, 0.6) is 0 Å². The van der Waals surface area contributed by atoms with Crippen LogP contribution in [0.15, 0.2) is 186 Å². The van der Waals surface area contributed by atoms with E-state index in [1.165, 1.54) is 81.0 Å². The Balaban J connectivity index is 0.936. The van der Waals surface area contributed by atoms with Gasteiger partial charge in [0.15, 0.2) is 17.5 Å². The molecule has 0 amide bonds. The third-order valence-corrected chi connectivity index (χ3v) is 15.5. The van der Waals surface area contributed by atoms with Crippen molar-refractivity contribution in [2.75, 3.05) is 0 Å². The van der Waals surface area contributed by atoms with E-state index in [2.05, 4.69) is 176 Å². The molecule has 0 atom stereocenters. The van der Waals surface area contributed by atoms with Crippen molar-refractivity contribution in [1.29, 1.82) is 0 Å². The van der Waals surface area contributed by atoms with Crippen LogP contribution in [-0.2, 0) is 5.41 Å². The normalized spacial score (nSPS) is 13.4. The van der Waals surface area contributed by atoms with Gasteiger partial charge in [0.1, 0.15) is 11.2 Å². The minimum Gasteiger partial charge on any atom is -0.456 e. The van der Waals surface area contributed by atoms with E-state index in [1.807, 2.05) is 24.3 Å². The first-order valence-electron chi connectivity index (χ1n) is 22.5. The minimum atomic E-state index is -0.104. The average Bonchev–Trinajstić information content (AvgIpc) is 4.08. The molecule has 0 saturated carbocycles. The Morgan fingerprint density at radius 2 is 1.09 bits per heavy atom. The van der Waals surface area contributed by atoms with Crippen molar-refractivity contribution in [3.63, 3.8) is 0 Å². The summed E-state index contributed by atoms with van der Waals surface area (Å²) in [5.41, 5.74) is 18.2. The second-order valence-corrected chi connectivity index (χ2v) is 19.4. The van der Waals surface area contributed by atoms with Gasteiger partial charge in [-0.05, 0) is 75.8 Å². The maximum atomic E-state index is 6.35. The van der Waals surface area contributed by atoms with Crippen LogP contribution in [0.1, 0.15) is 25.0 Å². The smallest absolute Gasteiger partial charge is 0.164 e. The highest BCUT2D eigenvalue weighted by atomic mass is 32.1. The number of aromatic nitrogens is 4. The number of nitrogens with zero attached hydrogens (tertiary/aromatic N) is 4. The van der Waals surface area contributed by atoms with Gasteiger partial charge < -0.3 is 8.98 Å². The molecule has 2 aliphatic rings. The summed E-state index contributed by atoms with van der Waals surface area (Å²) in [5.74, 6) is 1.83. The summed E-state index contributed by atoms with van der Waals surface area (Å²) in [6.45, 7) is 4.75. The molecule has 6 heteroatoms. The zero-order chi connectivity index (χ0) is 43.4. The number of thiophene rings is 1. The molecule has 5 heterocycles. The van der Waals surface area contributed by atoms with Crippen molar-refractivity contribution >= 4 is 75.3 Å². The highest BCUT2D eigenvalue weighted by molar-refractivity contribution is 7.25. The molecule has 0 fully saturated rings. The number of hydrogen-bond donors (Lipinski definition) is 0. The quantitative estimate of drug-likeness (QED) is 0.177. The highest BCUT2D eigenvalue weighted by Crippen LogP contribution is 2.58. The molecule has 0 spiro atoms. The maximum absolute atomic E-state index is 6.35. The van der Waals surface area contributed by atoms with Crippen molar-refractivity contribution in [2.45, 2.75) is 19.3 Å². The summed E-state index contributed by atoms with van der Waals surface area (Å²) < 4.78 is 11.4. The number of hydrogen-bond acceptors (Lipinski definition) is 5. The lowest BCUT2D eigenvalue weighted by molar-refractivity contribution is 0.661. The SMILES string of the molecule is CC1(C)c2cccc3c2-c2c1ccc1c4ccccc4n(c21)-c1cc(-c2cccc(-c4nc(-c5ccc6c(c5)sc5ccccc56)nc(-c5cccc6oc7ccccc7c56)n4)c2)ccc1-3. The molecule has 66 heavy (non-hydrogen) atoms. The van der Waals surface area contributed by atoms with E-state index in [9.17, 15) is 0 Å². The summed E-state index contributed by atoms with van der Waals surface area (Å²) in [5, 5.41) is 7.08. The van der Waals surface area contributed by atoms with E-state index in [0.29, 0.717) is 17.5 Å².